The Morgan fingerprint density at radius 2 is 2.14 bits per heavy atom. The Morgan fingerprint density at radius 3 is 2.82 bits per heavy atom. The van der Waals surface area contributed by atoms with Crippen LogP contribution in [0, 0.1) is 11.8 Å². The van der Waals surface area contributed by atoms with E-state index < -0.39 is 0 Å². The summed E-state index contributed by atoms with van der Waals surface area (Å²) in [5.74, 6) is 2.36. The van der Waals surface area contributed by atoms with E-state index in [2.05, 4.69) is 34.7 Å². The van der Waals surface area contributed by atoms with Crippen molar-refractivity contribution in [2.24, 2.45) is 11.8 Å². The van der Waals surface area contributed by atoms with Gasteiger partial charge in [-0.3, -0.25) is 9.80 Å². The maximum absolute atomic E-state index is 6.02. The summed E-state index contributed by atoms with van der Waals surface area (Å²) in [4.78, 5) is 9.56. The Labute approximate surface area is 134 Å². The third kappa shape index (κ3) is 3.99. The third-order valence-corrected chi connectivity index (χ3v) is 5.11. The van der Waals surface area contributed by atoms with E-state index in [1.807, 2.05) is 6.07 Å². The largest absolute Gasteiger partial charge is 0.383 e. The summed E-state index contributed by atoms with van der Waals surface area (Å²) >= 11 is 0. The van der Waals surface area contributed by atoms with Gasteiger partial charge in [0.25, 0.3) is 0 Å². The fraction of sp³-hybridized carbons (Fsp3) is 0.722. The van der Waals surface area contributed by atoms with E-state index >= 15 is 0 Å². The summed E-state index contributed by atoms with van der Waals surface area (Å²) in [7, 11) is 0. The summed E-state index contributed by atoms with van der Waals surface area (Å²) in [5, 5.41) is 0. The topological polar surface area (TPSA) is 45.4 Å². The summed E-state index contributed by atoms with van der Waals surface area (Å²) < 4.78 is 0. The average Bonchev–Trinajstić information content (AvgIpc) is 3.30. The first-order valence-electron chi connectivity index (χ1n) is 8.79. The molecule has 1 unspecified atom stereocenters. The minimum atomic E-state index is 0.668. The predicted molar refractivity (Wildman–Crippen MR) is 91.5 cm³/mol. The highest BCUT2D eigenvalue weighted by atomic mass is 15.2. The van der Waals surface area contributed by atoms with Crippen LogP contribution in [0.5, 0.6) is 0 Å². The Kier molecular flexibility index (Phi) is 4.99. The molecule has 1 aliphatic heterocycles. The van der Waals surface area contributed by atoms with Crippen LogP contribution in [0.4, 0.5) is 5.82 Å². The maximum atomic E-state index is 6.02. The molecule has 2 fully saturated rings. The molecule has 3 rings (SSSR count). The Hall–Kier alpha value is -1.13. The second kappa shape index (κ2) is 6.97. The van der Waals surface area contributed by atoms with Crippen molar-refractivity contribution in [3.8, 4) is 0 Å². The highest BCUT2D eigenvalue weighted by molar-refractivity contribution is 5.38. The maximum Gasteiger partial charge on any atom is 0.127 e. The van der Waals surface area contributed by atoms with Crippen LogP contribution in [0.15, 0.2) is 18.3 Å². The molecule has 1 aromatic rings. The molecular formula is C18H30N4. The van der Waals surface area contributed by atoms with Crippen molar-refractivity contribution in [1.82, 2.24) is 14.8 Å². The van der Waals surface area contributed by atoms with Crippen LogP contribution in [0.1, 0.15) is 38.7 Å². The van der Waals surface area contributed by atoms with Gasteiger partial charge in [-0.15, -0.1) is 0 Å². The molecule has 1 atom stereocenters. The number of nitrogens with zero attached hydrogens (tertiary/aromatic N) is 3. The van der Waals surface area contributed by atoms with Gasteiger partial charge in [0.05, 0.1) is 0 Å². The summed E-state index contributed by atoms with van der Waals surface area (Å²) in [6, 6.07) is 4.77. The predicted octanol–water partition coefficient (Wildman–Crippen LogP) is 2.61. The van der Waals surface area contributed by atoms with E-state index in [9.17, 15) is 0 Å². The number of aromatic nitrogens is 1. The molecule has 1 saturated heterocycles. The smallest absolute Gasteiger partial charge is 0.127 e. The molecule has 122 valence electrons. The number of pyridine rings is 1. The minimum absolute atomic E-state index is 0.668. The van der Waals surface area contributed by atoms with Crippen LogP contribution >= 0.6 is 0 Å². The first-order valence-corrected chi connectivity index (χ1v) is 8.79. The van der Waals surface area contributed by atoms with Crippen LogP contribution in [-0.2, 0) is 6.54 Å². The lowest BCUT2D eigenvalue weighted by molar-refractivity contribution is 0.132. The second-order valence-electron chi connectivity index (χ2n) is 7.39. The lowest BCUT2D eigenvalue weighted by Gasteiger charge is -2.34. The lowest BCUT2D eigenvalue weighted by atomic mass is 10.0. The van der Waals surface area contributed by atoms with Crippen molar-refractivity contribution < 1.29 is 0 Å². The molecule has 4 nitrogen and oxygen atoms in total. The zero-order valence-corrected chi connectivity index (χ0v) is 14.0. The normalized spacial score (nSPS) is 24.6. The highest BCUT2D eigenvalue weighted by Crippen LogP contribution is 2.32. The fourth-order valence-electron chi connectivity index (χ4n) is 3.59. The van der Waals surface area contributed by atoms with E-state index in [0.717, 1.165) is 19.0 Å². The molecule has 2 aliphatic rings. The molecule has 2 N–H and O–H groups in total. The van der Waals surface area contributed by atoms with Crippen molar-refractivity contribution in [2.75, 3.05) is 31.9 Å². The van der Waals surface area contributed by atoms with Crippen molar-refractivity contribution in [1.29, 1.82) is 0 Å². The van der Waals surface area contributed by atoms with Gasteiger partial charge in [0, 0.05) is 37.4 Å². The number of nitrogens with two attached hydrogens (primary N) is 1. The van der Waals surface area contributed by atoms with Crippen LogP contribution in [0.25, 0.3) is 0 Å². The van der Waals surface area contributed by atoms with Gasteiger partial charge in [0.2, 0.25) is 0 Å². The molecule has 0 amide bonds. The van der Waals surface area contributed by atoms with Gasteiger partial charge in [0.1, 0.15) is 5.82 Å². The first kappa shape index (κ1) is 15.8. The molecule has 0 aromatic carbocycles. The van der Waals surface area contributed by atoms with Gasteiger partial charge in [-0.25, -0.2) is 4.98 Å². The van der Waals surface area contributed by atoms with Crippen molar-refractivity contribution in [3.63, 3.8) is 0 Å². The van der Waals surface area contributed by atoms with E-state index in [-0.39, 0.29) is 0 Å². The molecule has 1 saturated carbocycles. The van der Waals surface area contributed by atoms with Gasteiger partial charge in [0.15, 0.2) is 0 Å². The Morgan fingerprint density at radius 1 is 1.32 bits per heavy atom. The standard InChI is InChI=1S/C18H30N4/c1-14(2)17-13-21(12-16-5-3-8-20-18(16)19)9-4-10-22(17)11-15-6-7-15/h3,5,8,14-15,17H,4,6-7,9-13H2,1-2H3,(H2,19,20). The van der Waals surface area contributed by atoms with Gasteiger partial charge in [-0.05, 0) is 50.3 Å². The van der Waals surface area contributed by atoms with Crippen LogP contribution in [-0.4, -0.2) is 47.0 Å². The quantitative estimate of drug-likeness (QED) is 0.908. The molecule has 0 bridgehead atoms. The number of nitrogen functional groups attached to an aromatic ring is 1. The van der Waals surface area contributed by atoms with E-state index in [0.29, 0.717) is 17.8 Å². The minimum Gasteiger partial charge on any atom is -0.383 e. The molecule has 2 heterocycles. The molecule has 22 heavy (non-hydrogen) atoms. The van der Waals surface area contributed by atoms with Gasteiger partial charge >= 0.3 is 0 Å². The summed E-state index contributed by atoms with van der Waals surface area (Å²) in [6.07, 6.45) is 5.92. The zero-order valence-electron chi connectivity index (χ0n) is 14.0. The molecule has 1 aliphatic carbocycles. The van der Waals surface area contributed by atoms with Crippen LogP contribution in [0.2, 0.25) is 0 Å². The van der Waals surface area contributed by atoms with Crippen LogP contribution in [0.3, 0.4) is 0 Å². The third-order valence-electron chi connectivity index (χ3n) is 5.11. The van der Waals surface area contributed by atoms with Gasteiger partial charge in [-0.2, -0.15) is 0 Å². The van der Waals surface area contributed by atoms with Crippen molar-refractivity contribution in [2.45, 2.75) is 45.7 Å². The Bertz CT molecular complexity index is 484. The van der Waals surface area contributed by atoms with Gasteiger partial charge < -0.3 is 5.73 Å². The molecule has 0 spiro atoms. The Balaban J connectivity index is 1.66. The fourth-order valence-corrected chi connectivity index (χ4v) is 3.59. The second-order valence-corrected chi connectivity index (χ2v) is 7.39. The van der Waals surface area contributed by atoms with E-state index in [4.69, 9.17) is 5.73 Å². The number of hydrogen-bond acceptors (Lipinski definition) is 4. The first-order chi connectivity index (χ1) is 10.6. The molecule has 0 radical (unpaired) electrons. The monoisotopic (exact) mass is 302 g/mol. The average molecular weight is 302 g/mol. The van der Waals surface area contributed by atoms with Gasteiger partial charge in [-0.1, -0.05) is 19.9 Å². The number of hydrogen-bond donors (Lipinski definition) is 1. The lowest BCUT2D eigenvalue weighted by Crippen LogP contribution is -2.45. The molecular weight excluding hydrogens is 272 g/mol. The SMILES string of the molecule is CC(C)C1CN(Cc2cccnc2N)CCCN1CC1CC1. The van der Waals surface area contributed by atoms with E-state index in [1.54, 1.807) is 6.20 Å². The number of anilines is 1. The molecule has 4 heteroatoms. The van der Waals surface area contributed by atoms with Crippen LogP contribution < -0.4 is 5.73 Å². The highest BCUT2D eigenvalue weighted by Gasteiger charge is 2.32. The molecule has 1 aromatic heterocycles. The number of rotatable bonds is 5. The van der Waals surface area contributed by atoms with E-state index in [1.165, 1.54) is 44.5 Å². The summed E-state index contributed by atoms with van der Waals surface area (Å²) in [5.41, 5.74) is 7.19. The van der Waals surface area contributed by atoms with Crippen molar-refractivity contribution in [3.05, 3.63) is 23.9 Å². The summed E-state index contributed by atoms with van der Waals surface area (Å²) in [6.45, 7) is 10.5. The zero-order chi connectivity index (χ0) is 15.5. The van der Waals surface area contributed by atoms with Crippen molar-refractivity contribution >= 4 is 5.82 Å².